The Hall–Kier alpha value is -2.20. The highest BCUT2D eigenvalue weighted by molar-refractivity contribution is 7.12. The van der Waals surface area contributed by atoms with Gasteiger partial charge in [-0.2, -0.15) is 0 Å². The van der Waals surface area contributed by atoms with Crippen LogP contribution in [0.15, 0.2) is 48.0 Å². The third-order valence-electron chi connectivity index (χ3n) is 2.94. The molecule has 2 heterocycles. The molecule has 0 unspecified atom stereocenters. The van der Waals surface area contributed by atoms with E-state index in [4.69, 9.17) is 4.74 Å². The summed E-state index contributed by atoms with van der Waals surface area (Å²) in [5, 5.41) is 2.72. The largest absolute Gasteiger partial charge is 0.494 e. The van der Waals surface area contributed by atoms with Crippen molar-refractivity contribution in [1.82, 2.24) is 4.98 Å². The summed E-state index contributed by atoms with van der Waals surface area (Å²) in [5.74, 6) is 0.703. The number of carbonyl (C=O) groups excluding carboxylic acids is 1. The van der Waals surface area contributed by atoms with Crippen LogP contribution >= 0.6 is 11.3 Å². The molecule has 0 spiro atoms. The van der Waals surface area contributed by atoms with Crippen molar-refractivity contribution in [3.63, 3.8) is 0 Å². The fourth-order valence-corrected chi connectivity index (χ4v) is 2.73. The van der Waals surface area contributed by atoms with E-state index < -0.39 is 0 Å². The van der Waals surface area contributed by atoms with Crippen LogP contribution in [0.2, 0.25) is 0 Å². The minimum atomic E-state index is 0.0238. The minimum absolute atomic E-state index is 0.0238. The van der Waals surface area contributed by atoms with Gasteiger partial charge >= 0.3 is 0 Å². The first-order chi connectivity index (χ1) is 9.31. The average Bonchev–Trinajstić information content (AvgIpc) is 2.99. The van der Waals surface area contributed by atoms with Gasteiger partial charge in [0, 0.05) is 17.1 Å². The van der Waals surface area contributed by atoms with Crippen LogP contribution in [0, 0.1) is 0 Å². The van der Waals surface area contributed by atoms with Crippen molar-refractivity contribution in [2.45, 2.75) is 0 Å². The smallest absolute Gasteiger partial charge is 0.203 e. The zero-order valence-corrected chi connectivity index (χ0v) is 11.1. The van der Waals surface area contributed by atoms with E-state index in [1.807, 2.05) is 29.6 Å². The zero-order chi connectivity index (χ0) is 13.2. The molecule has 0 aliphatic carbocycles. The van der Waals surface area contributed by atoms with E-state index in [-0.39, 0.29) is 5.78 Å². The molecule has 0 aliphatic heterocycles. The Kier molecular flexibility index (Phi) is 3.01. The minimum Gasteiger partial charge on any atom is -0.494 e. The Bertz CT molecular complexity index is 735. The van der Waals surface area contributed by atoms with Crippen LogP contribution in [0.5, 0.6) is 5.75 Å². The number of nitrogens with zero attached hydrogens (tertiary/aromatic N) is 1. The number of aromatic nitrogens is 1. The molecule has 3 nitrogen and oxygen atoms in total. The van der Waals surface area contributed by atoms with Gasteiger partial charge in [-0.15, -0.1) is 11.3 Å². The van der Waals surface area contributed by atoms with Gasteiger partial charge in [-0.25, -0.2) is 0 Å². The first-order valence-electron chi connectivity index (χ1n) is 5.81. The van der Waals surface area contributed by atoms with Gasteiger partial charge in [-0.05, 0) is 29.6 Å². The third kappa shape index (κ3) is 2.00. The SMILES string of the molecule is COc1ccc(C(=O)c2cccs2)c2cccnc12. The predicted octanol–water partition coefficient (Wildman–Crippen LogP) is 3.54. The van der Waals surface area contributed by atoms with Gasteiger partial charge in [-0.3, -0.25) is 9.78 Å². The predicted molar refractivity (Wildman–Crippen MR) is 76.0 cm³/mol. The van der Waals surface area contributed by atoms with E-state index >= 15 is 0 Å². The number of benzene rings is 1. The van der Waals surface area contributed by atoms with E-state index in [2.05, 4.69) is 4.98 Å². The van der Waals surface area contributed by atoms with Crippen molar-refractivity contribution in [2.24, 2.45) is 0 Å². The molecule has 0 saturated carbocycles. The number of ether oxygens (including phenoxy) is 1. The molecule has 3 rings (SSSR count). The monoisotopic (exact) mass is 269 g/mol. The molecule has 19 heavy (non-hydrogen) atoms. The van der Waals surface area contributed by atoms with Crippen LogP contribution in [0.25, 0.3) is 10.9 Å². The topological polar surface area (TPSA) is 39.2 Å². The second-order valence-corrected chi connectivity index (χ2v) is 4.97. The summed E-state index contributed by atoms with van der Waals surface area (Å²) in [7, 11) is 1.60. The molecular formula is C15H11NO2S. The molecule has 0 fully saturated rings. The summed E-state index contributed by atoms with van der Waals surface area (Å²) in [6.07, 6.45) is 1.70. The molecule has 1 aromatic carbocycles. The molecule has 3 aromatic rings. The van der Waals surface area contributed by atoms with E-state index in [1.54, 1.807) is 25.4 Å². The van der Waals surface area contributed by atoms with Gasteiger partial charge in [0.05, 0.1) is 12.0 Å². The lowest BCUT2D eigenvalue weighted by Gasteiger charge is -2.08. The molecule has 94 valence electrons. The number of fused-ring (bicyclic) bond motifs is 1. The number of hydrogen-bond donors (Lipinski definition) is 0. The standard InChI is InChI=1S/C15H11NO2S/c1-18-12-7-6-11(10-4-2-8-16-14(10)12)15(17)13-5-3-9-19-13/h2-9H,1H3. The second-order valence-electron chi connectivity index (χ2n) is 4.02. The van der Waals surface area contributed by atoms with E-state index in [0.717, 1.165) is 10.3 Å². The molecule has 4 heteroatoms. The first-order valence-corrected chi connectivity index (χ1v) is 6.69. The van der Waals surface area contributed by atoms with Crippen molar-refractivity contribution < 1.29 is 9.53 Å². The number of methoxy groups -OCH3 is 1. The number of rotatable bonds is 3. The summed E-state index contributed by atoms with van der Waals surface area (Å²) in [6, 6.07) is 11.0. The lowest BCUT2D eigenvalue weighted by atomic mass is 10.0. The lowest BCUT2D eigenvalue weighted by Crippen LogP contribution is -2.01. The number of ketones is 1. The van der Waals surface area contributed by atoms with Gasteiger partial charge in [0.1, 0.15) is 11.3 Å². The number of pyridine rings is 1. The number of hydrogen-bond acceptors (Lipinski definition) is 4. The van der Waals surface area contributed by atoms with Crippen LogP contribution in [-0.4, -0.2) is 17.9 Å². The highest BCUT2D eigenvalue weighted by atomic mass is 32.1. The van der Waals surface area contributed by atoms with Crippen molar-refractivity contribution in [1.29, 1.82) is 0 Å². The molecule has 0 radical (unpaired) electrons. The van der Waals surface area contributed by atoms with Gasteiger partial charge in [0.2, 0.25) is 5.78 Å². The van der Waals surface area contributed by atoms with Crippen LogP contribution in [0.1, 0.15) is 15.2 Å². The second kappa shape index (κ2) is 4.82. The summed E-state index contributed by atoms with van der Waals surface area (Å²) in [4.78, 5) is 17.5. The lowest BCUT2D eigenvalue weighted by molar-refractivity contribution is 0.104. The fourth-order valence-electron chi connectivity index (χ4n) is 2.05. The van der Waals surface area contributed by atoms with Crippen molar-refractivity contribution in [2.75, 3.05) is 7.11 Å². The highest BCUT2D eigenvalue weighted by Gasteiger charge is 2.15. The molecule has 0 aliphatic rings. The Morgan fingerprint density at radius 1 is 1.21 bits per heavy atom. The maximum Gasteiger partial charge on any atom is 0.203 e. The van der Waals surface area contributed by atoms with Crippen LogP contribution in [-0.2, 0) is 0 Å². The van der Waals surface area contributed by atoms with E-state index in [1.165, 1.54) is 11.3 Å². The zero-order valence-electron chi connectivity index (χ0n) is 10.3. The Morgan fingerprint density at radius 3 is 2.84 bits per heavy atom. The molecule has 0 bridgehead atoms. The van der Waals surface area contributed by atoms with Crippen molar-refractivity contribution >= 4 is 28.0 Å². The maximum atomic E-state index is 12.5. The molecule has 0 amide bonds. The highest BCUT2D eigenvalue weighted by Crippen LogP contribution is 2.28. The van der Waals surface area contributed by atoms with Crippen LogP contribution < -0.4 is 4.74 Å². The van der Waals surface area contributed by atoms with Crippen LogP contribution in [0.3, 0.4) is 0 Å². The van der Waals surface area contributed by atoms with Gasteiger partial charge in [-0.1, -0.05) is 12.1 Å². The summed E-state index contributed by atoms with van der Waals surface area (Å²) < 4.78 is 5.28. The average molecular weight is 269 g/mol. The Morgan fingerprint density at radius 2 is 2.11 bits per heavy atom. The Balaban J connectivity index is 2.23. The number of carbonyl (C=O) groups is 1. The van der Waals surface area contributed by atoms with E-state index in [9.17, 15) is 4.79 Å². The summed E-state index contributed by atoms with van der Waals surface area (Å²) >= 11 is 1.44. The molecular weight excluding hydrogens is 258 g/mol. The van der Waals surface area contributed by atoms with Gasteiger partial charge in [0.15, 0.2) is 0 Å². The van der Waals surface area contributed by atoms with Crippen molar-refractivity contribution in [3.05, 3.63) is 58.4 Å². The first kappa shape index (κ1) is 11.9. The van der Waals surface area contributed by atoms with Crippen molar-refractivity contribution in [3.8, 4) is 5.75 Å². The molecule has 0 atom stereocenters. The third-order valence-corrected chi connectivity index (χ3v) is 3.81. The van der Waals surface area contributed by atoms with Crippen LogP contribution in [0.4, 0.5) is 0 Å². The normalized spacial score (nSPS) is 10.6. The van der Waals surface area contributed by atoms with E-state index in [0.29, 0.717) is 16.8 Å². The number of thiophene rings is 1. The quantitative estimate of drug-likeness (QED) is 0.683. The summed E-state index contributed by atoms with van der Waals surface area (Å²) in [6.45, 7) is 0. The summed E-state index contributed by atoms with van der Waals surface area (Å²) in [5.41, 5.74) is 1.37. The molecule has 0 N–H and O–H groups in total. The van der Waals surface area contributed by atoms with Gasteiger partial charge in [0.25, 0.3) is 0 Å². The van der Waals surface area contributed by atoms with Gasteiger partial charge < -0.3 is 4.74 Å². The molecule has 2 aromatic heterocycles. The Labute approximate surface area is 114 Å². The molecule has 0 saturated heterocycles. The maximum absolute atomic E-state index is 12.5. The fraction of sp³-hybridized carbons (Fsp3) is 0.0667.